The summed E-state index contributed by atoms with van der Waals surface area (Å²) < 4.78 is 35.1. The minimum Gasteiger partial charge on any atom is -0.457 e. The Morgan fingerprint density at radius 1 is 0.492 bits per heavy atom. The van der Waals surface area contributed by atoms with E-state index >= 15 is 0 Å². The van der Waals surface area contributed by atoms with Crippen molar-refractivity contribution in [1.29, 1.82) is 0 Å². The zero-order valence-corrected chi connectivity index (χ0v) is 41.7. The first-order valence-electron chi connectivity index (χ1n) is 24.6. The number of esters is 1. The fraction of sp³-hybridized carbons (Fsp3) is 0.648. The molecule has 0 amide bonds. The van der Waals surface area contributed by atoms with Crippen LogP contribution < -0.4 is 0 Å². The van der Waals surface area contributed by atoms with Gasteiger partial charge in [-0.15, -0.1) is 0 Å². The number of phosphoric acid groups is 1. The minimum absolute atomic E-state index is 0.0747. The lowest BCUT2D eigenvalue weighted by molar-refractivity contribution is -0.870. The average Bonchev–Trinajstić information content (AvgIpc) is 3.24. The standard InChI is InChI=1S/C54H92NO7P/c1-6-8-10-12-14-16-18-20-22-24-26-28-29-31-33-35-37-39-41-43-45-47-54(56)62-53(52-61-63(57,58)60-50-48-55(3,4)5)51-59-49-46-44-42-40-38-36-34-32-30-27-25-23-21-19-17-15-13-11-9-7-2/h8-11,14-17,20-23,26-28,30,34,36,53H,6-7,12-13,18-19,24-25,29,31-33,35,37-52H2,1-5H3/p+1/b10-8-,11-9-,16-14-,17-15-,22-20-,23-21-,28-26-,30-27-,36-34-. The van der Waals surface area contributed by atoms with Crippen molar-refractivity contribution >= 4 is 13.8 Å². The van der Waals surface area contributed by atoms with E-state index < -0.39 is 13.9 Å². The highest BCUT2D eigenvalue weighted by Crippen LogP contribution is 2.43. The van der Waals surface area contributed by atoms with Crippen LogP contribution in [0, 0.1) is 0 Å². The van der Waals surface area contributed by atoms with Gasteiger partial charge in [0.1, 0.15) is 19.3 Å². The Morgan fingerprint density at radius 2 is 0.873 bits per heavy atom. The molecule has 0 aliphatic carbocycles. The normalized spacial score (nSPS) is 14.6. The third kappa shape index (κ3) is 50.0. The van der Waals surface area contributed by atoms with Crippen molar-refractivity contribution < 1.29 is 37.3 Å². The summed E-state index contributed by atoms with van der Waals surface area (Å²) in [7, 11) is 1.62. The van der Waals surface area contributed by atoms with E-state index in [0.29, 0.717) is 24.1 Å². The maximum absolute atomic E-state index is 12.8. The second-order valence-corrected chi connectivity index (χ2v) is 18.5. The highest BCUT2D eigenvalue weighted by molar-refractivity contribution is 7.47. The molecule has 0 aliphatic rings. The first-order chi connectivity index (χ1) is 30.6. The maximum atomic E-state index is 12.8. The van der Waals surface area contributed by atoms with Crippen molar-refractivity contribution in [2.75, 3.05) is 54.1 Å². The molecule has 8 nitrogen and oxygen atoms in total. The van der Waals surface area contributed by atoms with E-state index in [0.717, 1.165) is 116 Å². The van der Waals surface area contributed by atoms with Gasteiger partial charge < -0.3 is 18.9 Å². The molecule has 0 saturated heterocycles. The Bertz CT molecular complexity index is 1370. The number of hydrogen-bond acceptors (Lipinski definition) is 6. The van der Waals surface area contributed by atoms with E-state index in [9.17, 15) is 14.3 Å². The van der Waals surface area contributed by atoms with Crippen molar-refractivity contribution in [2.24, 2.45) is 0 Å². The van der Waals surface area contributed by atoms with Crippen LogP contribution in [-0.2, 0) is 27.9 Å². The number of quaternary nitrogens is 1. The van der Waals surface area contributed by atoms with Gasteiger partial charge in [-0.1, -0.05) is 175 Å². The lowest BCUT2D eigenvalue weighted by Crippen LogP contribution is -2.37. The number of rotatable bonds is 44. The van der Waals surface area contributed by atoms with E-state index in [-0.39, 0.29) is 25.8 Å². The lowest BCUT2D eigenvalue weighted by Gasteiger charge is -2.24. The van der Waals surface area contributed by atoms with E-state index in [1.807, 2.05) is 21.1 Å². The largest absolute Gasteiger partial charge is 0.472 e. The smallest absolute Gasteiger partial charge is 0.457 e. The van der Waals surface area contributed by atoms with Crippen LogP contribution in [0.4, 0.5) is 0 Å². The molecule has 2 unspecified atom stereocenters. The minimum atomic E-state index is -4.30. The Kier molecular flexibility index (Phi) is 43.7. The molecule has 360 valence electrons. The molecule has 0 saturated carbocycles. The molecule has 2 atom stereocenters. The molecule has 0 aromatic heterocycles. The number of phosphoric ester groups is 1. The number of carbonyl (C=O) groups excluding carboxylic acids is 1. The second-order valence-electron chi connectivity index (χ2n) is 17.1. The van der Waals surface area contributed by atoms with Gasteiger partial charge in [0.25, 0.3) is 0 Å². The molecule has 0 radical (unpaired) electrons. The summed E-state index contributed by atoms with van der Waals surface area (Å²) in [6.45, 7) is 5.30. The second kappa shape index (κ2) is 45.7. The number of ether oxygens (including phenoxy) is 2. The molecule has 0 rings (SSSR count). The van der Waals surface area contributed by atoms with Gasteiger partial charge in [-0.2, -0.15) is 0 Å². The summed E-state index contributed by atoms with van der Waals surface area (Å²) in [6, 6.07) is 0. The zero-order chi connectivity index (χ0) is 46.2. The fourth-order valence-electron chi connectivity index (χ4n) is 6.10. The van der Waals surface area contributed by atoms with Gasteiger partial charge in [0, 0.05) is 13.0 Å². The number of carbonyl (C=O) groups is 1. The van der Waals surface area contributed by atoms with E-state index in [1.54, 1.807) is 0 Å². The van der Waals surface area contributed by atoms with Crippen LogP contribution >= 0.6 is 7.82 Å². The van der Waals surface area contributed by atoms with Crippen LogP contribution in [0.3, 0.4) is 0 Å². The molecule has 0 aromatic rings. The summed E-state index contributed by atoms with van der Waals surface area (Å²) in [5.74, 6) is -0.336. The number of nitrogens with zero attached hydrogens (tertiary/aromatic N) is 1. The first kappa shape index (κ1) is 60.2. The van der Waals surface area contributed by atoms with Crippen LogP contribution in [0.1, 0.15) is 168 Å². The van der Waals surface area contributed by atoms with Gasteiger partial charge in [0.05, 0.1) is 34.4 Å². The van der Waals surface area contributed by atoms with Crippen molar-refractivity contribution in [3.05, 3.63) is 109 Å². The quantitative estimate of drug-likeness (QED) is 0.0214. The van der Waals surface area contributed by atoms with Crippen LogP contribution in [0.5, 0.6) is 0 Å². The van der Waals surface area contributed by atoms with Crippen molar-refractivity contribution in [3.8, 4) is 0 Å². The molecular weight excluding hydrogens is 806 g/mol. The zero-order valence-electron chi connectivity index (χ0n) is 40.8. The summed E-state index contributed by atoms with van der Waals surface area (Å²) in [6.07, 6.45) is 64.1. The Morgan fingerprint density at radius 3 is 1.30 bits per heavy atom. The molecule has 0 heterocycles. The Hall–Kier alpha value is -2.84. The molecule has 0 spiro atoms. The first-order valence-corrected chi connectivity index (χ1v) is 26.1. The van der Waals surface area contributed by atoms with Crippen LogP contribution in [-0.4, -0.2) is 75.6 Å². The van der Waals surface area contributed by atoms with Crippen molar-refractivity contribution in [1.82, 2.24) is 0 Å². The molecule has 63 heavy (non-hydrogen) atoms. The molecule has 9 heteroatoms. The highest BCUT2D eigenvalue weighted by Gasteiger charge is 2.26. The number of likely N-dealkylation sites (N-methyl/N-ethyl adjacent to an activating group) is 1. The number of unbranched alkanes of at least 4 members (excludes halogenated alkanes) is 12. The summed E-state index contributed by atoms with van der Waals surface area (Å²) in [5.41, 5.74) is 0. The van der Waals surface area contributed by atoms with Gasteiger partial charge in [-0.3, -0.25) is 13.8 Å². The Labute approximate surface area is 387 Å². The number of hydrogen-bond donors (Lipinski definition) is 1. The Balaban J connectivity index is 4.27. The van der Waals surface area contributed by atoms with E-state index in [4.69, 9.17) is 18.5 Å². The van der Waals surface area contributed by atoms with Crippen molar-refractivity contribution in [2.45, 2.75) is 174 Å². The SMILES string of the molecule is CC/C=C\C/C=C\C/C=C\C/C=C\C/C=C\CCCCCCOCC(COP(=O)(O)OCC[N+](C)(C)C)OC(=O)CCCCCCCCCC/C=C\C/C=C\C/C=C\C/C=C\CC. The maximum Gasteiger partial charge on any atom is 0.472 e. The van der Waals surface area contributed by atoms with Crippen molar-refractivity contribution in [3.63, 3.8) is 0 Å². The summed E-state index contributed by atoms with van der Waals surface area (Å²) in [5, 5.41) is 0. The summed E-state index contributed by atoms with van der Waals surface area (Å²) in [4.78, 5) is 23.0. The molecule has 0 aromatic carbocycles. The lowest BCUT2D eigenvalue weighted by atomic mass is 10.1. The predicted molar refractivity (Wildman–Crippen MR) is 270 cm³/mol. The third-order valence-corrected chi connectivity index (χ3v) is 10.8. The van der Waals surface area contributed by atoms with Crippen LogP contribution in [0.15, 0.2) is 109 Å². The van der Waals surface area contributed by atoms with Gasteiger partial charge in [-0.05, 0) is 96.3 Å². The number of allylic oxidation sites excluding steroid dienone is 18. The predicted octanol–water partition coefficient (Wildman–Crippen LogP) is 15.2. The molecule has 0 fully saturated rings. The van der Waals surface area contributed by atoms with Gasteiger partial charge in [0.15, 0.2) is 0 Å². The summed E-state index contributed by atoms with van der Waals surface area (Å²) >= 11 is 0. The average molecular weight is 899 g/mol. The topological polar surface area (TPSA) is 91.3 Å². The third-order valence-electron chi connectivity index (χ3n) is 9.83. The molecule has 0 bridgehead atoms. The fourth-order valence-corrected chi connectivity index (χ4v) is 6.84. The van der Waals surface area contributed by atoms with Gasteiger partial charge in [-0.25, -0.2) is 4.57 Å². The van der Waals surface area contributed by atoms with E-state index in [2.05, 4.69) is 123 Å². The van der Waals surface area contributed by atoms with Crippen LogP contribution in [0.2, 0.25) is 0 Å². The van der Waals surface area contributed by atoms with Crippen LogP contribution in [0.25, 0.3) is 0 Å². The highest BCUT2D eigenvalue weighted by atomic mass is 31.2. The van der Waals surface area contributed by atoms with Gasteiger partial charge >= 0.3 is 13.8 Å². The molecule has 0 aliphatic heterocycles. The monoisotopic (exact) mass is 899 g/mol. The van der Waals surface area contributed by atoms with E-state index in [1.165, 1.54) is 32.1 Å². The molecule has 1 N–H and O–H groups in total. The van der Waals surface area contributed by atoms with Gasteiger partial charge in [0.2, 0.25) is 0 Å². The molecular formula is C54H93NO7P+.